The zero-order chi connectivity index (χ0) is 55.0. The molecule has 0 aliphatic heterocycles. The van der Waals surface area contributed by atoms with E-state index in [9.17, 15) is 14.4 Å². The third-order valence-corrected chi connectivity index (χ3v) is 15.4. The second-order valence-electron chi connectivity index (χ2n) is 23.1. The van der Waals surface area contributed by atoms with E-state index in [2.05, 4.69) is 57.2 Å². The van der Waals surface area contributed by atoms with Gasteiger partial charge in [-0.05, 0) is 77.0 Å². The summed E-state index contributed by atoms with van der Waals surface area (Å²) in [5.41, 5.74) is 0. The van der Waals surface area contributed by atoms with Gasteiger partial charge in [0.2, 0.25) is 0 Å². The SMILES string of the molecule is CCCCCCC/C=C\C/C=C\CCCCCCCCCCCC(=O)OC(COC(=O)CCCCCCCCCCCCCC)COC(=O)CCCCCCCCCCCCCCC/C=C\CCCCCCCCCC. The minimum Gasteiger partial charge on any atom is -0.462 e. The first-order chi connectivity index (χ1) is 37.5. The van der Waals surface area contributed by atoms with Crippen LogP contribution < -0.4 is 0 Å². The van der Waals surface area contributed by atoms with Crippen LogP contribution in [0.5, 0.6) is 0 Å². The van der Waals surface area contributed by atoms with Gasteiger partial charge in [-0.15, -0.1) is 0 Å². The normalized spacial score (nSPS) is 12.2. The van der Waals surface area contributed by atoms with Crippen molar-refractivity contribution < 1.29 is 28.6 Å². The Bertz CT molecular complexity index is 1270. The summed E-state index contributed by atoms with van der Waals surface area (Å²) in [6.45, 7) is 6.69. The van der Waals surface area contributed by atoms with E-state index in [-0.39, 0.29) is 31.1 Å². The molecule has 0 saturated heterocycles. The third kappa shape index (κ3) is 62.5. The Morgan fingerprint density at radius 1 is 0.263 bits per heavy atom. The minimum atomic E-state index is -0.772. The van der Waals surface area contributed by atoms with E-state index >= 15 is 0 Å². The summed E-state index contributed by atoms with van der Waals surface area (Å²) in [4.78, 5) is 38.3. The highest BCUT2D eigenvalue weighted by atomic mass is 16.6. The summed E-state index contributed by atoms with van der Waals surface area (Å²) in [5, 5.41) is 0. The molecule has 0 bridgehead atoms. The van der Waals surface area contributed by atoms with Gasteiger partial charge >= 0.3 is 17.9 Å². The molecular formula is C70H130O6. The molecule has 6 nitrogen and oxygen atoms in total. The zero-order valence-corrected chi connectivity index (χ0v) is 51.3. The van der Waals surface area contributed by atoms with E-state index < -0.39 is 6.10 Å². The van der Waals surface area contributed by atoms with Crippen molar-refractivity contribution >= 4 is 17.9 Å². The largest absolute Gasteiger partial charge is 0.462 e. The van der Waals surface area contributed by atoms with Crippen LogP contribution in [-0.4, -0.2) is 37.2 Å². The number of unbranched alkanes of at least 4 members (excludes halogenated alkanes) is 46. The van der Waals surface area contributed by atoms with Crippen LogP contribution in [-0.2, 0) is 28.6 Å². The molecule has 0 saturated carbocycles. The van der Waals surface area contributed by atoms with Crippen LogP contribution in [0.15, 0.2) is 36.5 Å². The molecule has 0 fully saturated rings. The Hall–Kier alpha value is -2.37. The van der Waals surface area contributed by atoms with Gasteiger partial charge in [0.25, 0.3) is 0 Å². The van der Waals surface area contributed by atoms with Crippen LogP contribution in [0.1, 0.15) is 374 Å². The monoisotopic (exact) mass is 1070 g/mol. The van der Waals surface area contributed by atoms with Crippen LogP contribution in [0, 0.1) is 0 Å². The van der Waals surface area contributed by atoms with Gasteiger partial charge in [0, 0.05) is 19.3 Å². The van der Waals surface area contributed by atoms with Gasteiger partial charge in [0.15, 0.2) is 6.10 Å². The van der Waals surface area contributed by atoms with Gasteiger partial charge in [-0.2, -0.15) is 0 Å². The summed E-state index contributed by atoms with van der Waals surface area (Å²) in [6, 6.07) is 0. The average molecular weight is 1070 g/mol. The molecule has 0 aliphatic carbocycles. The summed E-state index contributed by atoms with van der Waals surface area (Å²) in [5.74, 6) is -0.848. The van der Waals surface area contributed by atoms with Crippen LogP contribution in [0.4, 0.5) is 0 Å². The highest BCUT2D eigenvalue weighted by molar-refractivity contribution is 5.71. The van der Waals surface area contributed by atoms with Crippen LogP contribution in [0.2, 0.25) is 0 Å². The van der Waals surface area contributed by atoms with Gasteiger partial charge < -0.3 is 14.2 Å². The average Bonchev–Trinajstić information content (AvgIpc) is 3.42. The second-order valence-corrected chi connectivity index (χ2v) is 23.1. The van der Waals surface area contributed by atoms with Crippen molar-refractivity contribution in [3.8, 4) is 0 Å². The van der Waals surface area contributed by atoms with E-state index in [1.807, 2.05) is 0 Å². The van der Waals surface area contributed by atoms with Gasteiger partial charge in [0.05, 0.1) is 0 Å². The molecule has 0 aliphatic rings. The first kappa shape index (κ1) is 73.6. The number of carbonyl (C=O) groups is 3. The second kappa shape index (κ2) is 65.2. The number of hydrogen-bond acceptors (Lipinski definition) is 6. The molecule has 0 radical (unpaired) electrons. The molecule has 0 aromatic carbocycles. The number of allylic oxidation sites excluding steroid dienone is 6. The molecular weight excluding hydrogens is 937 g/mol. The predicted octanol–water partition coefficient (Wildman–Crippen LogP) is 23.2. The Labute approximate surface area is 474 Å². The van der Waals surface area contributed by atoms with Gasteiger partial charge in [-0.1, -0.05) is 314 Å². The fraction of sp³-hybridized carbons (Fsp3) is 0.871. The maximum atomic E-state index is 12.9. The Morgan fingerprint density at radius 3 is 0.737 bits per heavy atom. The number of rotatable bonds is 63. The summed E-state index contributed by atoms with van der Waals surface area (Å²) in [7, 11) is 0. The number of hydrogen-bond donors (Lipinski definition) is 0. The third-order valence-electron chi connectivity index (χ3n) is 15.4. The van der Waals surface area contributed by atoms with Crippen molar-refractivity contribution in [3.05, 3.63) is 36.5 Å². The Kier molecular flexibility index (Phi) is 63.1. The lowest BCUT2D eigenvalue weighted by atomic mass is 10.0. The molecule has 1 atom stereocenters. The topological polar surface area (TPSA) is 78.9 Å². The van der Waals surface area contributed by atoms with Crippen molar-refractivity contribution in [2.24, 2.45) is 0 Å². The van der Waals surface area contributed by atoms with Gasteiger partial charge in [0.1, 0.15) is 13.2 Å². The molecule has 6 heteroatoms. The zero-order valence-electron chi connectivity index (χ0n) is 51.3. The summed E-state index contributed by atoms with van der Waals surface area (Å²) >= 11 is 0. The van der Waals surface area contributed by atoms with Crippen LogP contribution in [0.25, 0.3) is 0 Å². The molecule has 0 amide bonds. The molecule has 0 aromatic heterocycles. The molecule has 0 heterocycles. The molecule has 1 unspecified atom stereocenters. The Balaban J connectivity index is 4.23. The molecule has 0 spiro atoms. The first-order valence-electron chi connectivity index (χ1n) is 34.0. The highest BCUT2D eigenvalue weighted by Crippen LogP contribution is 2.18. The van der Waals surface area contributed by atoms with Crippen molar-refractivity contribution in [3.63, 3.8) is 0 Å². The predicted molar refractivity (Wildman–Crippen MR) is 330 cm³/mol. The lowest BCUT2D eigenvalue weighted by Gasteiger charge is -2.18. The smallest absolute Gasteiger partial charge is 0.306 e. The number of carbonyl (C=O) groups excluding carboxylic acids is 3. The van der Waals surface area contributed by atoms with E-state index in [1.54, 1.807) is 0 Å². The fourth-order valence-corrected chi connectivity index (χ4v) is 10.2. The van der Waals surface area contributed by atoms with E-state index in [1.165, 1.54) is 270 Å². The summed E-state index contributed by atoms with van der Waals surface area (Å²) in [6.07, 6.45) is 80.2. The first-order valence-corrected chi connectivity index (χ1v) is 34.0. The van der Waals surface area contributed by atoms with Crippen molar-refractivity contribution in [1.29, 1.82) is 0 Å². The van der Waals surface area contributed by atoms with Crippen LogP contribution >= 0.6 is 0 Å². The highest BCUT2D eigenvalue weighted by Gasteiger charge is 2.19. The Morgan fingerprint density at radius 2 is 0.474 bits per heavy atom. The molecule has 76 heavy (non-hydrogen) atoms. The van der Waals surface area contributed by atoms with Gasteiger partial charge in [-0.3, -0.25) is 14.4 Å². The van der Waals surface area contributed by atoms with E-state index in [4.69, 9.17) is 14.2 Å². The van der Waals surface area contributed by atoms with Crippen molar-refractivity contribution in [2.75, 3.05) is 13.2 Å². The molecule has 0 N–H and O–H groups in total. The lowest BCUT2D eigenvalue weighted by molar-refractivity contribution is -0.167. The number of ether oxygens (including phenoxy) is 3. The molecule has 0 rings (SSSR count). The van der Waals surface area contributed by atoms with E-state index in [0.29, 0.717) is 19.3 Å². The number of esters is 3. The standard InChI is InChI=1S/C70H130O6/c1-4-7-10-13-16-19-22-25-27-29-31-33-34-35-36-38-39-41-43-45-48-51-54-57-60-63-69(72)75-66-67(65-74-68(71)62-59-56-53-50-47-24-21-18-15-12-9-6-3)76-70(73)64-61-58-55-52-49-46-44-42-40-37-32-30-28-26-23-20-17-14-11-8-5-2/h23,26,29-32,67H,4-22,24-25,27-28,33-66H2,1-3H3/b26-23-,31-29-,32-30-. The maximum Gasteiger partial charge on any atom is 0.306 e. The van der Waals surface area contributed by atoms with Gasteiger partial charge in [-0.25, -0.2) is 0 Å². The van der Waals surface area contributed by atoms with E-state index in [0.717, 1.165) is 64.2 Å². The lowest BCUT2D eigenvalue weighted by Crippen LogP contribution is -2.30. The summed E-state index contributed by atoms with van der Waals surface area (Å²) < 4.78 is 17.0. The maximum absolute atomic E-state index is 12.9. The van der Waals surface area contributed by atoms with Crippen LogP contribution in [0.3, 0.4) is 0 Å². The van der Waals surface area contributed by atoms with Crippen molar-refractivity contribution in [2.45, 2.75) is 380 Å². The molecule has 0 aromatic rings. The van der Waals surface area contributed by atoms with Crippen molar-refractivity contribution in [1.82, 2.24) is 0 Å². The quantitative estimate of drug-likeness (QED) is 0.0261. The molecule has 446 valence electrons. The minimum absolute atomic E-state index is 0.0691. The fourth-order valence-electron chi connectivity index (χ4n) is 10.2.